The van der Waals surface area contributed by atoms with Crippen LogP contribution >= 0.6 is 15.9 Å². The Balaban J connectivity index is 2.23. The van der Waals surface area contributed by atoms with Crippen LogP contribution in [0.1, 0.15) is 11.6 Å². The molecule has 0 aromatic heterocycles. The van der Waals surface area contributed by atoms with Crippen LogP contribution in [-0.2, 0) is 0 Å². The average molecular weight is 309 g/mol. The van der Waals surface area contributed by atoms with E-state index in [2.05, 4.69) is 21.2 Å². The smallest absolute Gasteiger partial charge is 0.125 e. The highest BCUT2D eigenvalue weighted by atomic mass is 79.9. The molecular formula is C14H14BrFN2. The molecule has 4 heteroatoms. The third-order valence-corrected chi connectivity index (χ3v) is 3.40. The Morgan fingerprint density at radius 2 is 1.94 bits per heavy atom. The molecule has 1 unspecified atom stereocenters. The molecule has 0 saturated heterocycles. The number of benzene rings is 2. The molecule has 0 aliphatic carbocycles. The van der Waals surface area contributed by atoms with E-state index in [1.165, 1.54) is 12.1 Å². The van der Waals surface area contributed by atoms with E-state index >= 15 is 0 Å². The summed E-state index contributed by atoms with van der Waals surface area (Å²) in [5.74, 6) is -0.261. The van der Waals surface area contributed by atoms with Gasteiger partial charge in [-0.2, -0.15) is 0 Å². The Morgan fingerprint density at radius 3 is 2.61 bits per heavy atom. The van der Waals surface area contributed by atoms with Crippen molar-refractivity contribution in [3.05, 3.63) is 64.4 Å². The predicted molar refractivity (Wildman–Crippen MR) is 76.0 cm³/mol. The van der Waals surface area contributed by atoms with Crippen molar-refractivity contribution in [1.29, 1.82) is 0 Å². The van der Waals surface area contributed by atoms with Gasteiger partial charge >= 0.3 is 0 Å². The average Bonchev–Trinajstić information content (AvgIpc) is 2.37. The Kier molecular flexibility index (Phi) is 4.33. The van der Waals surface area contributed by atoms with Gasteiger partial charge in [-0.3, -0.25) is 0 Å². The number of rotatable bonds is 4. The molecule has 0 amide bonds. The van der Waals surface area contributed by atoms with Crippen molar-refractivity contribution < 1.29 is 4.39 Å². The maximum Gasteiger partial charge on any atom is 0.125 e. The summed E-state index contributed by atoms with van der Waals surface area (Å²) < 4.78 is 14.1. The van der Waals surface area contributed by atoms with Crippen LogP contribution in [0.3, 0.4) is 0 Å². The zero-order chi connectivity index (χ0) is 13.0. The minimum Gasteiger partial charge on any atom is -0.377 e. The third kappa shape index (κ3) is 3.09. The SMILES string of the molecule is NCC(Nc1cccc(F)c1)c1ccccc1Br. The molecule has 0 aliphatic rings. The molecule has 2 rings (SSSR count). The fraction of sp³-hybridized carbons (Fsp3) is 0.143. The molecule has 1 atom stereocenters. The summed E-state index contributed by atoms with van der Waals surface area (Å²) in [4.78, 5) is 0. The van der Waals surface area contributed by atoms with Crippen LogP contribution in [-0.4, -0.2) is 6.54 Å². The van der Waals surface area contributed by atoms with Crippen molar-refractivity contribution in [2.24, 2.45) is 5.73 Å². The molecule has 0 fully saturated rings. The maximum atomic E-state index is 13.1. The number of nitrogens with one attached hydrogen (secondary N) is 1. The highest BCUT2D eigenvalue weighted by Gasteiger charge is 2.12. The summed E-state index contributed by atoms with van der Waals surface area (Å²) in [6.07, 6.45) is 0. The van der Waals surface area contributed by atoms with Crippen molar-refractivity contribution in [3.8, 4) is 0 Å². The summed E-state index contributed by atoms with van der Waals surface area (Å²) in [5.41, 5.74) is 7.57. The van der Waals surface area contributed by atoms with Gasteiger partial charge in [0.2, 0.25) is 0 Å². The second-order valence-electron chi connectivity index (χ2n) is 3.96. The summed E-state index contributed by atoms with van der Waals surface area (Å²) >= 11 is 3.50. The van der Waals surface area contributed by atoms with Gasteiger partial charge in [0.25, 0.3) is 0 Å². The largest absolute Gasteiger partial charge is 0.377 e. The molecule has 2 aromatic rings. The fourth-order valence-corrected chi connectivity index (χ4v) is 2.36. The molecule has 0 spiro atoms. The van der Waals surface area contributed by atoms with Crippen LogP contribution in [0.5, 0.6) is 0 Å². The Bertz CT molecular complexity index is 531. The van der Waals surface area contributed by atoms with Gasteiger partial charge in [-0.15, -0.1) is 0 Å². The zero-order valence-corrected chi connectivity index (χ0v) is 11.3. The van der Waals surface area contributed by atoms with Gasteiger partial charge in [-0.05, 0) is 29.8 Å². The normalized spacial score (nSPS) is 12.2. The first-order valence-corrected chi connectivity index (χ1v) is 6.46. The molecule has 2 aromatic carbocycles. The molecule has 3 N–H and O–H groups in total. The summed E-state index contributed by atoms with van der Waals surface area (Å²) in [7, 11) is 0. The van der Waals surface area contributed by atoms with Gasteiger partial charge in [0.15, 0.2) is 0 Å². The lowest BCUT2D eigenvalue weighted by Crippen LogP contribution is -2.21. The highest BCUT2D eigenvalue weighted by Crippen LogP contribution is 2.25. The van der Waals surface area contributed by atoms with Gasteiger partial charge in [0.1, 0.15) is 5.82 Å². The van der Waals surface area contributed by atoms with Gasteiger partial charge in [-0.25, -0.2) is 4.39 Å². The third-order valence-electron chi connectivity index (χ3n) is 2.68. The highest BCUT2D eigenvalue weighted by molar-refractivity contribution is 9.10. The minimum atomic E-state index is -0.261. The lowest BCUT2D eigenvalue weighted by Gasteiger charge is -2.19. The molecule has 0 aliphatic heterocycles. The van der Waals surface area contributed by atoms with Gasteiger partial charge in [0.05, 0.1) is 6.04 Å². The second-order valence-corrected chi connectivity index (χ2v) is 4.82. The number of hydrogen-bond donors (Lipinski definition) is 2. The van der Waals surface area contributed by atoms with Gasteiger partial charge < -0.3 is 11.1 Å². The van der Waals surface area contributed by atoms with E-state index in [9.17, 15) is 4.39 Å². The zero-order valence-electron chi connectivity index (χ0n) is 9.74. The monoisotopic (exact) mass is 308 g/mol. The quantitative estimate of drug-likeness (QED) is 0.904. The molecule has 2 nitrogen and oxygen atoms in total. The minimum absolute atomic E-state index is 0.0534. The Morgan fingerprint density at radius 1 is 1.17 bits per heavy atom. The first kappa shape index (κ1) is 13.1. The predicted octanol–water partition coefficient (Wildman–Crippen LogP) is 3.70. The van der Waals surface area contributed by atoms with Crippen LogP contribution in [0.25, 0.3) is 0 Å². The molecule has 0 saturated carbocycles. The van der Waals surface area contributed by atoms with Gasteiger partial charge in [0, 0.05) is 16.7 Å². The van der Waals surface area contributed by atoms with Crippen LogP contribution in [0.4, 0.5) is 10.1 Å². The van der Waals surface area contributed by atoms with E-state index in [-0.39, 0.29) is 11.9 Å². The summed E-state index contributed by atoms with van der Waals surface area (Å²) in [6.45, 7) is 0.430. The standard InChI is InChI=1S/C14H14BrFN2/c15-13-7-2-1-6-12(13)14(9-17)18-11-5-3-4-10(16)8-11/h1-8,14,18H,9,17H2. The number of halogens is 2. The maximum absolute atomic E-state index is 13.1. The fourth-order valence-electron chi connectivity index (χ4n) is 1.80. The number of anilines is 1. The Labute approximate surface area is 114 Å². The first-order valence-electron chi connectivity index (χ1n) is 5.67. The van der Waals surface area contributed by atoms with E-state index in [4.69, 9.17) is 5.73 Å². The molecule has 0 bridgehead atoms. The van der Waals surface area contributed by atoms with E-state index < -0.39 is 0 Å². The van der Waals surface area contributed by atoms with Crippen molar-refractivity contribution in [2.45, 2.75) is 6.04 Å². The van der Waals surface area contributed by atoms with Crippen molar-refractivity contribution >= 4 is 21.6 Å². The molecule has 94 valence electrons. The van der Waals surface area contributed by atoms with E-state index in [1.54, 1.807) is 6.07 Å². The molecule has 18 heavy (non-hydrogen) atoms. The van der Waals surface area contributed by atoms with Crippen LogP contribution in [0, 0.1) is 5.82 Å². The topological polar surface area (TPSA) is 38.0 Å². The molecular weight excluding hydrogens is 295 g/mol. The molecule has 0 heterocycles. The van der Waals surface area contributed by atoms with Crippen LogP contribution in [0.2, 0.25) is 0 Å². The molecule has 0 radical (unpaired) electrons. The van der Waals surface area contributed by atoms with Crippen molar-refractivity contribution in [2.75, 3.05) is 11.9 Å². The summed E-state index contributed by atoms with van der Waals surface area (Å²) in [5, 5.41) is 3.23. The lowest BCUT2D eigenvalue weighted by molar-refractivity contribution is 0.627. The van der Waals surface area contributed by atoms with E-state index in [1.807, 2.05) is 30.3 Å². The van der Waals surface area contributed by atoms with Crippen molar-refractivity contribution in [3.63, 3.8) is 0 Å². The Hall–Kier alpha value is -1.39. The van der Waals surface area contributed by atoms with Gasteiger partial charge in [-0.1, -0.05) is 40.2 Å². The first-order chi connectivity index (χ1) is 8.70. The lowest BCUT2D eigenvalue weighted by atomic mass is 10.1. The number of nitrogens with two attached hydrogens (primary N) is 1. The van der Waals surface area contributed by atoms with Crippen molar-refractivity contribution in [1.82, 2.24) is 0 Å². The van der Waals surface area contributed by atoms with E-state index in [0.717, 1.165) is 15.7 Å². The van der Waals surface area contributed by atoms with E-state index in [0.29, 0.717) is 6.54 Å². The number of hydrogen-bond acceptors (Lipinski definition) is 2. The van der Waals surface area contributed by atoms with Crippen LogP contribution < -0.4 is 11.1 Å². The second kappa shape index (κ2) is 5.98. The summed E-state index contributed by atoms with van der Waals surface area (Å²) in [6, 6.07) is 14.2. The van der Waals surface area contributed by atoms with Crippen LogP contribution in [0.15, 0.2) is 53.0 Å².